The first-order valence-electron chi connectivity index (χ1n) is 4.82. The zero-order valence-corrected chi connectivity index (χ0v) is 7.74. The van der Waals surface area contributed by atoms with Crippen LogP contribution in [0.1, 0.15) is 12.8 Å². The van der Waals surface area contributed by atoms with E-state index in [1.54, 1.807) is 0 Å². The maximum absolute atomic E-state index is 9.32. The van der Waals surface area contributed by atoms with Crippen molar-refractivity contribution < 1.29 is 14.6 Å². The van der Waals surface area contributed by atoms with Crippen molar-refractivity contribution in [1.29, 1.82) is 0 Å². The van der Waals surface area contributed by atoms with Gasteiger partial charge in [0.2, 0.25) is 0 Å². The summed E-state index contributed by atoms with van der Waals surface area (Å²) in [7, 11) is 0. The number of rotatable bonds is 2. The number of ether oxygens (including phenoxy) is 2. The summed E-state index contributed by atoms with van der Waals surface area (Å²) in [6.45, 7) is 2.01. The van der Waals surface area contributed by atoms with E-state index < -0.39 is 0 Å². The van der Waals surface area contributed by atoms with Gasteiger partial charge in [-0.1, -0.05) is 0 Å². The van der Waals surface area contributed by atoms with Gasteiger partial charge in [-0.25, -0.2) is 0 Å². The van der Waals surface area contributed by atoms with Crippen molar-refractivity contribution in [3.8, 4) is 0 Å². The average molecular weight is 187 g/mol. The molecule has 2 aliphatic rings. The second-order valence-corrected chi connectivity index (χ2v) is 4.19. The summed E-state index contributed by atoms with van der Waals surface area (Å²) in [5, 5.41) is 9.32. The van der Waals surface area contributed by atoms with E-state index in [1.807, 2.05) is 0 Å². The summed E-state index contributed by atoms with van der Waals surface area (Å²) in [5.41, 5.74) is 5.58. The third-order valence-electron chi connectivity index (χ3n) is 3.08. The first kappa shape index (κ1) is 9.40. The van der Waals surface area contributed by atoms with Crippen molar-refractivity contribution in [2.45, 2.75) is 25.0 Å². The molecule has 2 fully saturated rings. The quantitative estimate of drug-likeness (QED) is 0.612. The fourth-order valence-electron chi connectivity index (χ4n) is 2.31. The molecule has 0 aromatic carbocycles. The number of hydrogen-bond donors (Lipinski definition) is 2. The van der Waals surface area contributed by atoms with E-state index in [-0.39, 0.29) is 24.2 Å². The molecule has 2 bridgehead atoms. The Bertz CT molecular complexity index is 168. The van der Waals surface area contributed by atoms with Gasteiger partial charge in [-0.15, -0.1) is 0 Å². The van der Waals surface area contributed by atoms with Gasteiger partial charge in [-0.2, -0.15) is 0 Å². The van der Waals surface area contributed by atoms with Gasteiger partial charge >= 0.3 is 0 Å². The molecule has 2 atom stereocenters. The highest BCUT2D eigenvalue weighted by atomic mass is 16.6. The molecule has 0 amide bonds. The van der Waals surface area contributed by atoms with Crippen molar-refractivity contribution in [3.63, 3.8) is 0 Å². The summed E-state index contributed by atoms with van der Waals surface area (Å²) in [6.07, 6.45) is 1.94. The summed E-state index contributed by atoms with van der Waals surface area (Å²) in [4.78, 5) is 0. The summed E-state index contributed by atoms with van der Waals surface area (Å²) in [5.74, 6) is 0. The SMILES string of the molecule is NCC1(CO)CC2COCC(C1)O2. The molecule has 2 unspecified atom stereocenters. The molecule has 13 heavy (non-hydrogen) atoms. The normalized spacial score (nSPS) is 44.8. The van der Waals surface area contributed by atoms with Crippen LogP contribution in [0, 0.1) is 5.41 Å². The molecule has 4 heteroatoms. The van der Waals surface area contributed by atoms with Gasteiger partial charge in [0.05, 0.1) is 32.0 Å². The van der Waals surface area contributed by atoms with E-state index in [2.05, 4.69) is 0 Å². The number of aliphatic hydroxyl groups excluding tert-OH is 1. The van der Waals surface area contributed by atoms with Crippen LogP contribution in [0.5, 0.6) is 0 Å². The molecule has 2 saturated heterocycles. The van der Waals surface area contributed by atoms with Gasteiger partial charge in [-0.05, 0) is 12.8 Å². The molecule has 0 spiro atoms. The van der Waals surface area contributed by atoms with E-state index in [0.717, 1.165) is 12.8 Å². The highest BCUT2D eigenvalue weighted by molar-refractivity contribution is 4.91. The minimum atomic E-state index is -0.114. The topological polar surface area (TPSA) is 64.7 Å². The monoisotopic (exact) mass is 187 g/mol. The maximum atomic E-state index is 9.32. The molecule has 2 aliphatic heterocycles. The van der Waals surface area contributed by atoms with Gasteiger partial charge in [-0.3, -0.25) is 0 Å². The van der Waals surface area contributed by atoms with E-state index in [0.29, 0.717) is 19.8 Å². The number of fused-ring (bicyclic) bond motifs is 2. The fraction of sp³-hybridized carbons (Fsp3) is 1.00. The molecule has 2 heterocycles. The van der Waals surface area contributed by atoms with Crippen LogP contribution in [-0.4, -0.2) is 43.7 Å². The van der Waals surface area contributed by atoms with Crippen molar-refractivity contribution in [2.24, 2.45) is 11.1 Å². The third kappa shape index (κ3) is 1.72. The molecule has 2 rings (SSSR count). The lowest BCUT2D eigenvalue weighted by Gasteiger charge is -2.45. The van der Waals surface area contributed by atoms with Gasteiger partial charge in [0.1, 0.15) is 0 Å². The lowest BCUT2D eigenvalue weighted by Crippen LogP contribution is -2.52. The lowest BCUT2D eigenvalue weighted by atomic mass is 9.75. The van der Waals surface area contributed by atoms with Crippen LogP contribution in [-0.2, 0) is 9.47 Å². The van der Waals surface area contributed by atoms with Gasteiger partial charge in [0, 0.05) is 12.0 Å². The van der Waals surface area contributed by atoms with Gasteiger partial charge in [0.15, 0.2) is 0 Å². The van der Waals surface area contributed by atoms with Crippen LogP contribution in [0.15, 0.2) is 0 Å². The van der Waals surface area contributed by atoms with Crippen LogP contribution in [0.3, 0.4) is 0 Å². The standard InChI is InChI=1S/C9H17NO3/c10-5-9(6-11)1-7-3-12-4-8(2-9)13-7/h7-8,11H,1-6,10H2. The third-order valence-corrected chi connectivity index (χ3v) is 3.08. The van der Waals surface area contributed by atoms with Gasteiger partial charge in [0.25, 0.3) is 0 Å². The second kappa shape index (κ2) is 3.53. The first-order chi connectivity index (χ1) is 6.28. The highest BCUT2D eigenvalue weighted by Gasteiger charge is 2.42. The number of nitrogens with two attached hydrogens (primary N) is 1. The Morgan fingerprint density at radius 2 is 1.92 bits per heavy atom. The molecule has 0 aromatic heterocycles. The number of aliphatic hydroxyl groups is 1. The Labute approximate surface area is 78.0 Å². The van der Waals surface area contributed by atoms with Crippen LogP contribution in [0.25, 0.3) is 0 Å². The van der Waals surface area contributed by atoms with Crippen molar-refractivity contribution >= 4 is 0 Å². The average Bonchev–Trinajstić information content (AvgIpc) is 2.17. The smallest absolute Gasteiger partial charge is 0.0820 e. The molecule has 0 aromatic rings. The van der Waals surface area contributed by atoms with Crippen LogP contribution < -0.4 is 5.73 Å². The molecule has 0 aliphatic carbocycles. The molecule has 0 saturated carbocycles. The second-order valence-electron chi connectivity index (χ2n) is 4.19. The number of hydrogen-bond acceptors (Lipinski definition) is 4. The zero-order chi connectivity index (χ0) is 9.31. The highest BCUT2D eigenvalue weighted by Crippen LogP contribution is 2.37. The molecule has 0 radical (unpaired) electrons. The van der Waals surface area contributed by atoms with Crippen LogP contribution in [0.2, 0.25) is 0 Å². The summed E-state index contributed by atoms with van der Waals surface area (Å²) < 4.78 is 11.1. The van der Waals surface area contributed by atoms with Crippen LogP contribution >= 0.6 is 0 Å². The zero-order valence-electron chi connectivity index (χ0n) is 7.74. The Morgan fingerprint density at radius 3 is 2.38 bits per heavy atom. The Morgan fingerprint density at radius 1 is 1.31 bits per heavy atom. The lowest BCUT2D eigenvalue weighted by molar-refractivity contribution is -0.196. The minimum Gasteiger partial charge on any atom is -0.396 e. The molecular weight excluding hydrogens is 170 g/mol. The Hall–Kier alpha value is -0.160. The summed E-state index contributed by atoms with van der Waals surface area (Å²) in [6, 6.07) is 0. The van der Waals surface area contributed by atoms with Gasteiger partial charge < -0.3 is 20.3 Å². The first-order valence-corrected chi connectivity index (χ1v) is 4.82. The van der Waals surface area contributed by atoms with Crippen molar-refractivity contribution in [3.05, 3.63) is 0 Å². The Kier molecular flexibility index (Phi) is 2.55. The largest absolute Gasteiger partial charge is 0.396 e. The van der Waals surface area contributed by atoms with Crippen molar-refractivity contribution in [2.75, 3.05) is 26.4 Å². The molecule has 76 valence electrons. The predicted molar refractivity (Wildman–Crippen MR) is 47.3 cm³/mol. The van der Waals surface area contributed by atoms with Crippen molar-refractivity contribution in [1.82, 2.24) is 0 Å². The molecular formula is C9H17NO3. The van der Waals surface area contributed by atoms with E-state index in [1.165, 1.54) is 0 Å². The maximum Gasteiger partial charge on any atom is 0.0820 e. The minimum absolute atomic E-state index is 0.114. The predicted octanol–water partition coefficient (Wildman–Crippen LogP) is -0.498. The van der Waals surface area contributed by atoms with E-state index >= 15 is 0 Å². The van der Waals surface area contributed by atoms with E-state index in [9.17, 15) is 5.11 Å². The fourth-order valence-corrected chi connectivity index (χ4v) is 2.31. The Balaban J connectivity index is 2.07. The molecule has 4 nitrogen and oxygen atoms in total. The van der Waals surface area contributed by atoms with Crippen LogP contribution in [0.4, 0.5) is 0 Å². The van der Waals surface area contributed by atoms with E-state index in [4.69, 9.17) is 15.2 Å². The molecule has 3 N–H and O–H groups in total. The summed E-state index contributed by atoms with van der Waals surface area (Å²) >= 11 is 0.